The molecule has 2 aromatic carbocycles. The fraction of sp³-hybridized carbons (Fsp3) is 0.533. The number of hydrogen-bond acceptors (Lipinski definition) is 6. The van der Waals surface area contributed by atoms with Crippen LogP contribution in [-0.4, -0.2) is 40.6 Å². The van der Waals surface area contributed by atoms with Crippen LogP contribution in [0.4, 0.5) is 0 Å². The smallest absolute Gasteiger partial charge is 0.157 e. The first-order chi connectivity index (χ1) is 17.1. The van der Waals surface area contributed by atoms with Crippen LogP contribution in [0.2, 0.25) is 0 Å². The van der Waals surface area contributed by atoms with Crippen molar-refractivity contribution in [2.45, 2.75) is 77.1 Å². The van der Waals surface area contributed by atoms with E-state index in [1.165, 1.54) is 0 Å². The van der Waals surface area contributed by atoms with Gasteiger partial charge in [0.05, 0.1) is 22.8 Å². The van der Waals surface area contributed by atoms with E-state index >= 15 is 0 Å². The average Bonchev–Trinajstić information content (AvgIpc) is 3.67. The van der Waals surface area contributed by atoms with Gasteiger partial charge in [0, 0.05) is 22.8 Å². The molecule has 6 nitrogen and oxygen atoms in total. The summed E-state index contributed by atoms with van der Waals surface area (Å²) in [7, 11) is 0. The van der Waals surface area contributed by atoms with Gasteiger partial charge in [-0.2, -0.15) is 0 Å². The van der Waals surface area contributed by atoms with Crippen molar-refractivity contribution in [2.75, 3.05) is 0 Å². The van der Waals surface area contributed by atoms with Crippen molar-refractivity contribution >= 4 is 12.6 Å². The second-order valence-electron chi connectivity index (χ2n) is 12.3. The molecule has 36 heavy (non-hydrogen) atoms. The van der Waals surface area contributed by atoms with Crippen molar-refractivity contribution in [3.05, 3.63) is 52.6 Å². The number of rotatable bonds is 3. The minimum atomic E-state index is -0.528. The zero-order valence-electron chi connectivity index (χ0n) is 21.3. The number of fused-ring (bicyclic) bond motifs is 5. The molecule has 190 valence electrons. The number of aldehydes is 2. The molecule has 2 heterocycles. The largest absolute Gasteiger partial charge is 0.507 e. The summed E-state index contributed by atoms with van der Waals surface area (Å²) in [6.45, 7) is 9.01. The molecule has 7 atom stereocenters. The predicted octanol–water partition coefficient (Wildman–Crippen LogP) is 5.63. The lowest BCUT2D eigenvalue weighted by Crippen LogP contribution is -2.48. The minimum Gasteiger partial charge on any atom is -0.507 e. The highest BCUT2D eigenvalue weighted by molar-refractivity contribution is 5.95. The van der Waals surface area contributed by atoms with Crippen LogP contribution in [0.5, 0.6) is 17.2 Å². The van der Waals surface area contributed by atoms with E-state index in [1.807, 2.05) is 30.3 Å². The SMILES string of the molecule is CC1(C)[C@@H]2[C@H]1CC[C@@]1(C)O[C@@H]1CC[C@]1(C)[C@@H](c3ccccc3)c3c(O)c(C=O)c(O)c(C=O)c3O[C@@H]21. The zero-order chi connectivity index (χ0) is 25.6. The lowest BCUT2D eigenvalue weighted by Gasteiger charge is -2.50. The van der Waals surface area contributed by atoms with Crippen molar-refractivity contribution in [3.63, 3.8) is 0 Å². The highest BCUT2D eigenvalue weighted by atomic mass is 16.6. The molecule has 2 N–H and O–H groups in total. The van der Waals surface area contributed by atoms with Gasteiger partial charge < -0.3 is 19.7 Å². The van der Waals surface area contributed by atoms with Crippen LogP contribution in [-0.2, 0) is 4.74 Å². The van der Waals surface area contributed by atoms with Gasteiger partial charge in [0.15, 0.2) is 12.6 Å². The van der Waals surface area contributed by atoms with Gasteiger partial charge in [0.2, 0.25) is 0 Å². The van der Waals surface area contributed by atoms with Crippen molar-refractivity contribution in [3.8, 4) is 17.2 Å². The van der Waals surface area contributed by atoms with Gasteiger partial charge in [-0.25, -0.2) is 0 Å². The first kappa shape index (κ1) is 23.5. The third-order valence-electron chi connectivity index (χ3n) is 10.1. The second-order valence-corrected chi connectivity index (χ2v) is 12.3. The first-order valence-corrected chi connectivity index (χ1v) is 13.0. The standard InChI is InChI=1S/C30H34O6/c1-28(2)19-10-13-30(4)20(36-30)11-12-29(3)22(16-8-6-5-7-9-16)21-25(34)17(14-31)24(33)18(15-32)26(21)35-27(29)23(19)28/h5-9,14-15,19-20,22-23,27,33-34H,10-13H2,1-4H3/t19-,20-,22+,23-,27+,29-,30-/m1/s1. The van der Waals surface area contributed by atoms with E-state index in [1.54, 1.807) is 0 Å². The molecule has 0 spiro atoms. The van der Waals surface area contributed by atoms with Gasteiger partial charge in [0.1, 0.15) is 23.4 Å². The second kappa shape index (κ2) is 7.58. The lowest BCUT2D eigenvalue weighted by molar-refractivity contribution is -0.0111. The number of ether oxygens (including phenoxy) is 2. The normalized spacial score (nSPS) is 37.7. The van der Waals surface area contributed by atoms with Gasteiger partial charge in [-0.3, -0.25) is 9.59 Å². The van der Waals surface area contributed by atoms with Crippen LogP contribution in [0, 0.1) is 22.7 Å². The third-order valence-corrected chi connectivity index (χ3v) is 10.1. The Bertz CT molecular complexity index is 1250. The van der Waals surface area contributed by atoms with E-state index in [0.29, 0.717) is 24.1 Å². The lowest BCUT2D eigenvalue weighted by atomic mass is 9.60. The van der Waals surface area contributed by atoms with Crippen molar-refractivity contribution < 1.29 is 29.3 Å². The van der Waals surface area contributed by atoms with Crippen LogP contribution in [0.1, 0.15) is 91.1 Å². The molecule has 6 rings (SSSR count). The molecule has 2 saturated carbocycles. The van der Waals surface area contributed by atoms with Crippen molar-refractivity contribution in [2.24, 2.45) is 22.7 Å². The monoisotopic (exact) mass is 490 g/mol. The van der Waals surface area contributed by atoms with Crippen molar-refractivity contribution in [1.29, 1.82) is 0 Å². The van der Waals surface area contributed by atoms with E-state index in [9.17, 15) is 19.8 Å². The number of phenols is 2. The summed E-state index contributed by atoms with van der Waals surface area (Å²) in [5, 5.41) is 22.1. The molecule has 2 aliphatic carbocycles. The van der Waals surface area contributed by atoms with E-state index in [2.05, 4.69) is 27.7 Å². The molecular formula is C30H34O6. The van der Waals surface area contributed by atoms with E-state index < -0.39 is 11.2 Å². The maximum absolute atomic E-state index is 12.2. The molecule has 0 aromatic heterocycles. The Morgan fingerprint density at radius 2 is 1.61 bits per heavy atom. The van der Waals surface area contributed by atoms with Gasteiger partial charge in [-0.15, -0.1) is 0 Å². The number of aromatic hydroxyl groups is 2. The van der Waals surface area contributed by atoms with Crippen LogP contribution in [0.25, 0.3) is 0 Å². The summed E-state index contributed by atoms with van der Waals surface area (Å²) < 4.78 is 13.0. The minimum absolute atomic E-state index is 0.0456. The summed E-state index contributed by atoms with van der Waals surface area (Å²) in [4.78, 5) is 24.2. The fourth-order valence-electron chi connectivity index (χ4n) is 7.80. The topological polar surface area (TPSA) is 96.4 Å². The van der Waals surface area contributed by atoms with Crippen LogP contribution < -0.4 is 4.74 Å². The van der Waals surface area contributed by atoms with E-state index in [4.69, 9.17) is 9.47 Å². The Labute approximate surface area is 211 Å². The number of epoxide rings is 1. The maximum Gasteiger partial charge on any atom is 0.157 e. The molecular weight excluding hydrogens is 456 g/mol. The Morgan fingerprint density at radius 3 is 2.28 bits per heavy atom. The van der Waals surface area contributed by atoms with E-state index in [0.717, 1.165) is 31.2 Å². The summed E-state index contributed by atoms with van der Waals surface area (Å²) in [6.07, 6.45) is 4.62. The molecule has 2 aromatic rings. The van der Waals surface area contributed by atoms with Gasteiger partial charge in [0.25, 0.3) is 0 Å². The Morgan fingerprint density at radius 1 is 0.917 bits per heavy atom. The molecule has 6 heteroatoms. The molecule has 0 radical (unpaired) electrons. The molecule has 1 saturated heterocycles. The third kappa shape index (κ3) is 3.06. The zero-order valence-corrected chi connectivity index (χ0v) is 21.3. The van der Waals surface area contributed by atoms with Crippen LogP contribution in [0.3, 0.4) is 0 Å². The predicted molar refractivity (Wildman–Crippen MR) is 134 cm³/mol. The number of carbonyl (C=O) groups excluding carboxylic acids is 2. The van der Waals surface area contributed by atoms with Gasteiger partial charge in [-0.1, -0.05) is 51.1 Å². The van der Waals surface area contributed by atoms with Gasteiger partial charge >= 0.3 is 0 Å². The Kier molecular flexibility index (Phi) is 4.95. The molecule has 0 amide bonds. The Hall–Kier alpha value is -2.86. The fourth-order valence-corrected chi connectivity index (χ4v) is 7.80. The van der Waals surface area contributed by atoms with E-state index in [-0.39, 0.29) is 57.7 Å². The Balaban J connectivity index is 1.62. The average molecular weight is 491 g/mol. The molecule has 4 aliphatic rings. The van der Waals surface area contributed by atoms with Crippen LogP contribution in [0.15, 0.2) is 30.3 Å². The molecule has 2 aliphatic heterocycles. The summed E-state index contributed by atoms with van der Waals surface area (Å²) >= 11 is 0. The molecule has 0 bridgehead atoms. The first-order valence-electron chi connectivity index (χ1n) is 13.0. The molecule has 0 unspecified atom stereocenters. The van der Waals surface area contributed by atoms with Gasteiger partial charge in [-0.05, 0) is 49.5 Å². The molecule has 3 fully saturated rings. The summed E-state index contributed by atoms with van der Waals surface area (Å²) in [6, 6.07) is 9.94. The number of hydrogen-bond donors (Lipinski definition) is 2. The van der Waals surface area contributed by atoms with Crippen LogP contribution >= 0.6 is 0 Å². The highest BCUT2D eigenvalue weighted by Crippen LogP contribution is 2.71. The number of phenolic OH excluding ortho intramolecular Hbond substituents is 2. The number of carbonyl (C=O) groups is 2. The summed E-state index contributed by atoms with van der Waals surface area (Å²) in [5.74, 6) is -0.293. The summed E-state index contributed by atoms with van der Waals surface area (Å²) in [5.41, 5.74) is 0.562. The van der Waals surface area contributed by atoms with Crippen molar-refractivity contribution in [1.82, 2.24) is 0 Å². The number of benzene rings is 2. The quantitative estimate of drug-likeness (QED) is 0.428. The highest BCUT2D eigenvalue weighted by Gasteiger charge is 2.69. The maximum atomic E-state index is 12.2.